The van der Waals surface area contributed by atoms with Crippen LogP contribution in [0.3, 0.4) is 0 Å². The lowest BCUT2D eigenvalue weighted by atomic mass is 10.3. The molecule has 0 aliphatic heterocycles. The molecule has 1 heterocycles. The summed E-state index contributed by atoms with van der Waals surface area (Å²) in [5.41, 5.74) is 10.7. The van der Waals surface area contributed by atoms with Gasteiger partial charge >= 0.3 is 0 Å². The van der Waals surface area contributed by atoms with Gasteiger partial charge in [-0.1, -0.05) is 0 Å². The Labute approximate surface area is 99.4 Å². The predicted molar refractivity (Wildman–Crippen MR) is 62.1 cm³/mol. The van der Waals surface area contributed by atoms with Gasteiger partial charge in [0.05, 0.1) is 11.8 Å². The van der Waals surface area contributed by atoms with Gasteiger partial charge in [-0.05, 0) is 13.0 Å². The fraction of sp³-hybridized carbons (Fsp3) is 0.500. The van der Waals surface area contributed by atoms with E-state index in [4.69, 9.17) is 11.5 Å². The van der Waals surface area contributed by atoms with Crippen LogP contribution in [0.15, 0.2) is 12.4 Å². The first kappa shape index (κ1) is 13.2. The molecule has 1 rings (SSSR count). The van der Waals surface area contributed by atoms with Crippen LogP contribution in [0.1, 0.15) is 16.8 Å². The summed E-state index contributed by atoms with van der Waals surface area (Å²) in [6.07, 6.45) is 3.56. The van der Waals surface area contributed by atoms with Crippen LogP contribution >= 0.6 is 0 Å². The lowest BCUT2D eigenvalue weighted by Gasteiger charge is -2.16. The molecule has 4 N–H and O–H groups in total. The number of nitrogens with zero attached hydrogens (tertiary/aromatic N) is 3. The Balaban J connectivity index is 2.52. The van der Waals surface area contributed by atoms with Gasteiger partial charge in [-0.15, -0.1) is 0 Å². The molecule has 0 saturated carbocycles. The van der Waals surface area contributed by atoms with E-state index in [-0.39, 0.29) is 12.5 Å². The molecule has 0 aliphatic carbocycles. The van der Waals surface area contributed by atoms with Crippen LogP contribution < -0.4 is 11.5 Å². The van der Waals surface area contributed by atoms with E-state index in [2.05, 4.69) is 5.10 Å². The minimum Gasteiger partial charge on any atom is -0.366 e. The van der Waals surface area contributed by atoms with Crippen LogP contribution in [0.25, 0.3) is 0 Å². The summed E-state index contributed by atoms with van der Waals surface area (Å²) in [5, 5.41) is 3.88. The molecular formula is C10H17N5O2. The van der Waals surface area contributed by atoms with Gasteiger partial charge in [0.25, 0.3) is 5.91 Å². The summed E-state index contributed by atoms with van der Waals surface area (Å²) in [5.74, 6) is -0.641. The van der Waals surface area contributed by atoms with Crippen molar-refractivity contribution in [3.8, 4) is 0 Å². The van der Waals surface area contributed by atoms with Crippen LogP contribution in [0.4, 0.5) is 0 Å². The zero-order valence-corrected chi connectivity index (χ0v) is 9.80. The molecule has 0 spiro atoms. The average molecular weight is 239 g/mol. The maximum Gasteiger partial charge on any atom is 0.251 e. The van der Waals surface area contributed by atoms with Crippen molar-refractivity contribution in [1.29, 1.82) is 0 Å². The molecule has 2 amide bonds. The van der Waals surface area contributed by atoms with Gasteiger partial charge in [-0.3, -0.25) is 14.3 Å². The average Bonchev–Trinajstić information content (AvgIpc) is 2.74. The number of likely N-dealkylation sites (N-methyl/N-ethyl adjacent to an activating group) is 1. The highest BCUT2D eigenvalue weighted by atomic mass is 16.2. The number of aromatic nitrogens is 2. The van der Waals surface area contributed by atoms with E-state index in [0.717, 1.165) is 6.42 Å². The highest BCUT2D eigenvalue weighted by Crippen LogP contribution is 1.98. The molecule has 7 nitrogen and oxygen atoms in total. The number of hydrogen-bond acceptors (Lipinski definition) is 4. The first-order valence-electron chi connectivity index (χ1n) is 5.31. The highest BCUT2D eigenvalue weighted by molar-refractivity contribution is 5.92. The second-order valence-corrected chi connectivity index (χ2v) is 3.75. The Bertz CT molecular complexity index is 401. The Hall–Kier alpha value is -1.89. The number of carbonyl (C=O) groups excluding carboxylic acids is 2. The third-order valence-corrected chi connectivity index (χ3v) is 2.34. The molecule has 0 unspecified atom stereocenters. The third-order valence-electron chi connectivity index (χ3n) is 2.34. The number of carbonyl (C=O) groups is 2. The van der Waals surface area contributed by atoms with Crippen molar-refractivity contribution in [2.45, 2.75) is 13.0 Å². The molecule has 0 aromatic carbocycles. The second-order valence-electron chi connectivity index (χ2n) is 3.75. The standard InChI is InChI=1S/C10H17N5O2/c1-14(4-2-3-11)9(16)7-15-6-8(5-13-15)10(12)17/h5-6H,2-4,7,11H2,1H3,(H2,12,17). The van der Waals surface area contributed by atoms with Gasteiger partial charge in [-0.2, -0.15) is 5.10 Å². The van der Waals surface area contributed by atoms with E-state index in [0.29, 0.717) is 18.7 Å². The van der Waals surface area contributed by atoms with Crippen LogP contribution in [-0.2, 0) is 11.3 Å². The zero-order chi connectivity index (χ0) is 12.8. The van der Waals surface area contributed by atoms with E-state index >= 15 is 0 Å². The summed E-state index contributed by atoms with van der Waals surface area (Å²) >= 11 is 0. The number of amides is 2. The summed E-state index contributed by atoms with van der Waals surface area (Å²) < 4.78 is 1.39. The molecule has 0 saturated heterocycles. The Morgan fingerprint density at radius 2 is 2.24 bits per heavy atom. The SMILES string of the molecule is CN(CCCN)C(=O)Cn1cc(C(N)=O)cn1. The molecule has 0 atom stereocenters. The smallest absolute Gasteiger partial charge is 0.251 e. The summed E-state index contributed by atoms with van der Waals surface area (Å²) in [7, 11) is 1.70. The van der Waals surface area contributed by atoms with Gasteiger partial charge in [0.1, 0.15) is 6.54 Å². The molecule has 94 valence electrons. The maximum atomic E-state index is 11.7. The number of rotatable bonds is 6. The molecule has 1 aromatic heterocycles. The van der Waals surface area contributed by atoms with Crippen molar-refractivity contribution in [3.63, 3.8) is 0 Å². The fourth-order valence-electron chi connectivity index (χ4n) is 1.29. The Kier molecular flexibility index (Phi) is 4.65. The topological polar surface area (TPSA) is 107 Å². The zero-order valence-electron chi connectivity index (χ0n) is 9.80. The van der Waals surface area contributed by atoms with Crippen molar-refractivity contribution < 1.29 is 9.59 Å². The lowest BCUT2D eigenvalue weighted by molar-refractivity contribution is -0.130. The quantitative estimate of drug-likeness (QED) is 0.649. The molecule has 0 fully saturated rings. The van der Waals surface area contributed by atoms with Crippen LogP contribution in [-0.4, -0.2) is 46.6 Å². The predicted octanol–water partition coefficient (Wildman–Crippen LogP) is -1.21. The summed E-state index contributed by atoms with van der Waals surface area (Å²) in [4.78, 5) is 24.1. The van der Waals surface area contributed by atoms with Gasteiger partial charge in [-0.25, -0.2) is 0 Å². The van der Waals surface area contributed by atoms with E-state index in [9.17, 15) is 9.59 Å². The molecule has 0 radical (unpaired) electrons. The largest absolute Gasteiger partial charge is 0.366 e. The van der Waals surface area contributed by atoms with E-state index in [1.54, 1.807) is 11.9 Å². The van der Waals surface area contributed by atoms with E-state index in [1.807, 2.05) is 0 Å². The van der Waals surface area contributed by atoms with Crippen LogP contribution in [0.2, 0.25) is 0 Å². The van der Waals surface area contributed by atoms with Crippen LogP contribution in [0, 0.1) is 0 Å². The van der Waals surface area contributed by atoms with Gasteiger partial charge in [0, 0.05) is 19.8 Å². The Morgan fingerprint density at radius 3 is 2.76 bits per heavy atom. The maximum absolute atomic E-state index is 11.7. The van der Waals surface area contributed by atoms with Crippen molar-refractivity contribution in [1.82, 2.24) is 14.7 Å². The molecule has 0 aliphatic rings. The number of nitrogens with two attached hydrogens (primary N) is 2. The van der Waals surface area contributed by atoms with Crippen LogP contribution in [0.5, 0.6) is 0 Å². The molecule has 7 heteroatoms. The number of primary amides is 1. The second kappa shape index (κ2) is 6.00. The van der Waals surface area contributed by atoms with Gasteiger partial charge in [0.15, 0.2) is 0 Å². The van der Waals surface area contributed by atoms with E-state index < -0.39 is 5.91 Å². The van der Waals surface area contributed by atoms with Gasteiger partial charge < -0.3 is 16.4 Å². The fourth-order valence-corrected chi connectivity index (χ4v) is 1.29. The minimum atomic E-state index is -0.555. The molecule has 0 bridgehead atoms. The van der Waals surface area contributed by atoms with Crippen molar-refractivity contribution in [2.75, 3.05) is 20.1 Å². The third kappa shape index (κ3) is 3.87. The van der Waals surface area contributed by atoms with Crippen molar-refractivity contribution >= 4 is 11.8 Å². The highest BCUT2D eigenvalue weighted by Gasteiger charge is 2.11. The molecule has 1 aromatic rings. The first-order valence-corrected chi connectivity index (χ1v) is 5.31. The minimum absolute atomic E-state index is 0.0856. The van der Waals surface area contributed by atoms with E-state index in [1.165, 1.54) is 17.1 Å². The first-order chi connectivity index (χ1) is 8.04. The summed E-state index contributed by atoms with van der Waals surface area (Å²) in [6, 6.07) is 0. The lowest BCUT2D eigenvalue weighted by Crippen LogP contribution is -2.32. The number of hydrogen-bond donors (Lipinski definition) is 2. The van der Waals surface area contributed by atoms with Crippen molar-refractivity contribution in [3.05, 3.63) is 18.0 Å². The monoisotopic (exact) mass is 239 g/mol. The molecular weight excluding hydrogens is 222 g/mol. The van der Waals surface area contributed by atoms with Gasteiger partial charge in [0.2, 0.25) is 5.91 Å². The Morgan fingerprint density at radius 1 is 1.53 bits per heavy atom. The van der Waals surface area contributed by atoms with Crippen molar-refractivity contribution in [2.24, 2.45) is 11.5 Å². The normalized spacial score (nSPS) is 10.2. The summed E-state index contributed by atoms with van der Waals surface area (Å²) in [6.45, 7) is 1.25. The molecule has 17 heavy (non-hydrogen) atoms.